The van der Waals surface area contributed by atoms with Gasteiger partial charge in [-0.15, -0.1) is 0 Å². The second-order valence-electron chi connectivity index (χ2n) is 4.39. The molecule has 2 N–H and O–H groups in total. The van der Waals surface area contributed by atoms with Crippen LogP contribution in [0.25, 0.3) is 0 Å². The van der Waals surface area contributed by atoms with Gasteiger partial charge in [-0.05, 0) is 20.3 Å². The molecular weight excluding hydrogens is 202 g/mol. The number of nitrogens with two attached hydrogens (primary N) is 1. The minimum absolute atomic E-state index is 0.218. The minimum atomic E-state index is 0.218. The van der Waals surface area contributed by atoms with E-state index in [-0.39, 0.29) is 12.1 Å². The van der Waals surface area contributed by atoms with E-state index in [1.54, 1.807) is 0 Å². The normalized spacial score (nSPS) is 13.3. The summed E-state index contributed by atoms with van der Waals surface area (Å²) >= 11 is 0. The standard InChI is InChI=1S/C12H23N3O/c1-4-11(13)7-12-8-15(9-14-12)5-6-16-10(2)3/h8-11H,4-7,13H2,1-3H3. The topological polar surface area (TPSA) is 53.1 Å². The molecule has 1 rings (SSSR count). The van der Waals surface area contributed by atoms with Crippen LogP contribution in [-0.4, -0.2) is 28.3 Å². The summed E-state index contributed by atoms with van der Waals surface area (Å²) in [7, 11) is 0. The fourth-order valence-electron chi connectivity index (χ4n) is 1.44. The van der Waals surface area contributed by atoms with E-state index in [0.29, 0.717) is 0 Å². The molecule has 0 aromatic carbocycles. The molecular formula is C12H23N3O. The largest absolute Gasteiger partial charge is 0.377 e. The van der Waals surface area contributed by atoms with Crippen LogP contribution in [-0.2, 0) is 17.7 Å². The summed E-state index contributed by atoms with van der Waals surface area (Å²) in [6.45, 7) is 7.76. The molecule has 1 unspecified atom stereocenters. The minimum Gasteiger partial charge on any atom is -0.377 e. The molecule has 0 aliphatic rings. The molecule has 1 aromatic rings. The van der Waals surface area contributed by atoms with E-state index < -0.39 is 0 Å². The van der Waals surface area contributed by atoms with Crippen molar-refractivity contribution in [3.8, 4) is 0 Å². The van der Waals surface area contributed by atoms with E-state index >= 15 is 0 Å². The van der Waals surface area contributed by atoms with Crippen molar-refractivity contribution in [1.29, 1.82) is 0 Å². The average Bonchev–Trinajstić information content (AvgIpc) is 2.65. The molecule has 0 spiro atoms. The lowest BCUT2D eigenvalue weighted by Gasteiger charge is -2.07. The van der Waals surface area contributed by atoms with Crippen LogP contribution in [0, 0.1) is 0 Å². The van der Waals surface area contributed by atoms with Gasteiger partial charge in [0.25, 0.3) is 0 Å². The number of aromatic nitrogens is 2. The summed E-state index contributed by atoms with van der Waals surface area (Å²) in [4.78, 5) is 4.33. The molecule has 0 radical (unpaired) electrons. The van der Waals surface area contributed by atoms with Crippen molar-refractivity contribution in [1.82, 2.24) is 9.55 Å². The third-order valence-corrected chi connectivity index (χ3v) is 2.48. The van der Waals surface area contributed by atoms with Crippen LogP contribution >= 0.6 is 0 Å². The van der Waals surface area contributed by atoms with E-state index in [2.05, 4.69) is 22.7 Å². The third-order valence-electron chi connectivity index (χ3n) is 2.48. The van der Waals surface area contributed by atoms with Crippen molar-refractivity contribution in [3.05, 3.63) is 18.2 Å². The summed E-state index contributed by atoms with van der Waals surface area (Å²) in [6, 6.07) is 0.218. The van der Waals surface area contributed by atoms with Crippen LogP contribution in [0.5, 0.6) is 0 Å². The van der Waals surface area contributed by atoms with Crippen LogP contribution in [0.15, 0.2) is 12.5 Å². The molecule has 16 heavy (non-hydrogen) atoms. The maximum atomic E-state index is 5.88. The van der Waals surface area contributed by atoms with Crippen molar-refractivity contribution in [2.24, 2.45) is 5.73 Å². The highest BCUT2D eigenvalue weighted by atomic mass is 16.5. The molecule has 0 fully saturated rings. The fraction of sp³-hybridized carbons (Fsp3) is 0.750. The maximum absolute atomic E-state index is 5.88. The number of hydrogen-bond donors (Lipinski definition) is 1. The molecule has 1 heterocycles. The van der Waals surface area contributed by atoms with Gasteiger partial charge >= 0.3 is 0 Å². The van der Waals surface area contributed by atoms with Gasteiger partial charge in [-0.25, -0.2) is 4.98 Å². The van der Waals surface area contributed by atoms with E-state index in [1.807, 2.05) is 20.2 Å². The molecule has 0 aliphatic carbocycles. The third kappa shape index (κ3) is 4.77. The number of imidazole rings is 1. The number of ether oxygens (including phenoxy) is 1. The van der Waals surface area contributed by atoms with E-state index in [4.69, 9.17) is 10.5 Å². The van der Waals surface area contributed by atoms with Crippen molar-refractivity contribution in [3.63, 3.8) is 0 Å². The first-order chi connectivity index (χ1) is 7.61. The molecule has 1 aromatic heterocycles. The molecule has 0 amide bonds. The van der Waals surface area contributed by atoms with Crippen LogP contribution in [0.2, 0.25) is 0 Å². The van der Waals surface area contributed by atoms with Gasteiger partial charge < -0.3 is 15.0 Å². The van der Waals surface area contributed by atoms with Crippen molar-refractivity contribution < 1.29 is 4.74 Å². The van der Waals surface area contributed by atoms with Crippen molar-refractivity contribution >= 4 is 0 Å². The van der Waals surface area contributed by atoms with Crippen LogP contribution in [0.3, 0.4) is 0 Å². The lowest BCUT2D eigenvalue weighted by molar-refractivity contribution is 0.0727. The van der Waals surface area contributed by atoms with Crippen molar-refractivity contribution in [2.75, 3.05) is 6.61 Å². The van der Waals surface area contributed by atoms with Crippen LogP contribution < -0.4 is 5.73 Å². The summed E-state index contributed by atoms with van der Waals surface area (Å²) in [5, 5.41) is 0. The molecule has 4 nitrogen and oxygen atoms in total. The number of nitrogens with zero attached hydrogens (tertiary/aromatic N) is 2. The monoisotopic (exact) mass is 225 g/mol. The highest BCUT2D eigenvalue weighted by Gasteiger charge is 2.04. The Morgan fingerprint density at radius 3 is 2.88 bits per heavy atom. The summed E-state index contributed by atoms with van der Waals surface area (Å²) in [6.07, 6.45) is 6.04. The summed E-state index contributed by atoms with van der Waals surface area (Å²) < 4.78 is 7.54. The van der Waals surface area contributed by atoms with Gasteiger partial charge in [-0.3, -0.25) is 0 Å². The Hall–Kier alpha value is -0.870. The highest BCUT2D eigenvalue weighted by Crippen LogP contribution is 2.02. The van der Waals surface area contributed by atoms with E-state index in [9.17, 15) is 0 Å². The number of rotatable bonds is 7. The molecule has 4 heteroatoms. The van der Waals surface area contributed by atoms with Gasteiger partial charge in [-0.2, -0.15) is 0 Å². The summed E-state index contributed by atoms with van der Waals surface area (Å²) in [5.74, 6) is 0. The predicted octanol–water partition coefficient (Wildman–Crippen LogP) is 1.59. The van der Waals surface area contributed by atoms with Gasteiger partial charge in [0, 0.05) is 25.2 Å². The highest BCUT2D eigenvalue weighted by molar-refractivity contribution is 4.99. The first kappa shape index (κ1) is 13.2. The van der Waals surface area contributed by atoms with Gasteiger partial charge in [0.15, 0.2) is 0 Å². The van der Waals surface area contributed by atoms with E-state index in [0.717, 1.165) is 31.7 Å². The van der Waals surface area contributed by atoms with Gasteiger partial charge in [0.1, 0.15) is 0 Å². The summed E-state index contributed by atoms with van der Waals surface area (Å²) in [5.41, 5.74) is 6.95. The Labute approximate surface area is 97.8 Å². The average molecular weight is 225 g/mol. The number of hydrogen-bond acceptors (Lipinski definition) is 3. The van der Waals surface area contributed by atoms with Gasteiger partial charge in [0.05, 0.1) is 24.7 Å². The maximum Gasteiger partial charge on any atom is 0.0950 e. The lowest BCUT2D eigenvalue weighted by Crippen LogP contribution is -2.21. The van der Waals surface area contributed by atoms with E-state index in [1.165, 1.54) is 0 Å². The Morgan fingerprint density at radius 2 is 2.25 bits per heavy atom. The molecule has 0 bridgehead atoms. The molecule has 1 atom stereocenters. The molecule has 0 aliphatic heterocycles. The predicted molar refractivity (Wildman–Crippen MR) is 65.3 cm³/mol. The molecule has 0 saturated carbocycles. The Balaban J connectivity index is 2.33. The van der Waals surface area contributed by atoms with Crippen LogP contribution in [0.1, 0.15) is 32.9 Å². The lowest BCUT2D eigenvalue weighted by atomic mass is 10.1. The Bertz CT molecular complexity index is 296. The van der Waals surface area contributed by atoms with Crippen molar-refractivity contribution in [2.45, 2.75) is 52.3 Å². The van der Waals surface area contributed by atoms with Crippen LogP contribution in [0.4, 0.5) is 0 Å². The zero-order chi connectivity index (χ0) is 12.0. The zero-order valence-corrected chi connectivity index (χ0v) is 10.5. The first-order valence-electron chi connectivity index (χ1n) is 5.99. The SMILES string of the molecule is CCC(N)Cc1cn(CCOC(C)C)cn1. The fourth-order valence-corrected chi connectivity index (χ4v) is 1.44. The first-order valence-corrected chi connectivity index (χ1v) is 5.99. The molecule has 0 saturated heterocycles. The Kier molecular flexibility index (Phi) is 5.49. The van der Waals surface area contributed by atoms with Gasteiger partial charge in [0.2, 0.25) is 0 Å². The smallest absolute Gasteiger partial charge is 0.0950 e. The van der Waals surface area contributed by atoms with Gasteiger partial charge in [-0.1, -0.05) is 6.92 Å². The Morgan fingerprint density at radius 1 is 1.50 bits per heavy atom. The molecule has 92 valence electrons. The quantitative estimate of drug-likeness (QED) is 0.766. The second-order valence-corrected chi connectivity index (χ2v) is 4.39. The zero-order valence-electron chi connectivity index (χ0n) is 10.5. The second kappa shape index (κ2) is 6.66.